The molecule has 0 spiro atoms. The number of hydrogen-bond acceptors (Lipinski definition) is 4. The summed E-state index contributed by atoms with van der Waals surface area (Å²) in [7, 11) is 3.88. The van der Waals surface area contributed by atoms with Gasteiger partial charge in [0.2, 0.25) is 0 Å². The van der Waals surface area contributed by atoms with Gasteiger partial charge in [-0.3, -0.25) is 4.90 Å². The van der Waals surface area contributed by atoms with Gasteiger partial charge >= 0.3 is 0 Å². The fraction of sp³-hybridized carbons (Fsp3) is 1.00. The minimum Gasteiger partial charge on any atom is -0.394 e. The molecule has 1 N–H and O–H groups in total. The summed E-state index contributed by atoms with van der Waals surface area (Å²) in [5, 5.41) is 8.55. The number of hydrogen-bond donors (Lipinski definition) is 1. The van der Waals surface area contributed by atoms with Crippen molar-refractivity contribution in [1.29, 1.82) is 0 Å². The van der Waals surface area contributed by atoms with Gasteiger partial charge in [-0.05, 0) is 27.9 Å². The highest BCUT2D eigenvalue weighted by molar-refractivity contribution is 4.70. The van der Waals surface area contributed by atoms with E-state index in [1.165, 1.54) is 0 Å². The van der Waals surface area contributed by atoms with E-state index < -0.39 is 5.72 Å². The van der Waals surface area contributed by atoms with Crippen LogP contribution in [0.3, 0.4) is 0 Å². The normalized spacial score (nSPS) is 16.2. The van der Waals surface area contributed by atoms with Gasteiger partial charge in [0.25, 0.3) is 0 Å². The molecule has 1 atom stereocenters. The topological polar surface area (TPSA) is 41.9 Å². The molecular weight excluding hydrogens is 170 g/mol. The van der Waals surface area contributed by atoms with Gasteiger partial charge in [-0.25, -0.2) is 0 Å². The van der Waals surface area contributed by atoms with Crippen LogP contribution in [0.1, 0.15) is 13.8 Å². The van der Waals surface area contributed by atoms with Gasteiger partial charge in [-0.1, -0.05) is 0 Å². The Kier molecular flexibility index (Phi) is 6.24. The van der Waals surface area contributed by atoms with E-state index in [9.17, 15) is 0 Å². The van der Waals surface area contributed by atoms with Crippen molar-refractivity contribution in [3.05, 3.63) is 0 Å². The molecule has 4 heteroatoms. The SMILES string of the molecule is CCOC(C)(COCCO)N(C)C. The Labute approximate surface area is 80.4 Å². The van der Waals surface area contributed by atoms with Gasteiger partial charge in [0.15, 0.2) is 0 Å². The van der Waals surface area contributed by atoms with E-state index >= 15 is 0 Å². The van der Waals surface area contributed by atoms with E-state index in [0.717, 1.165) is 0 Å². The molecule has 1 unspecified atom stereocenters. The Balaban J connectivity index is 3.92. The molecule has 0 fully saturated rings. The minimum absolute atomic E-state index is 0.0512. The van der Waals surface area contributed by atoms with Crippen LogP contribution in [0.4, 0.5) is 0 Å². The predicted molar refractivity (Wildman–Crippen MR) is 51.6 cm³/mol. The Bertz CT molecular complexity index is 130. The van der Waals surface area contributed by atoms with Crippen LogP contribution in [0.15, 0.2) is 0 Å². The molecular formula is C9H21NO3. The summed E-state index contributed by atoms with van der Waals surface area (Å²) in [5.41, 5.74) is -0.399. The summed E-state index contributed by atoms with van der Waals surface area (Å²) in [5.74, 6) is 0. The van der Waals surface area contributed by atoms with E-state index in [1.807, 2.05) is 32.8 Å². The van der Waals surface area contributed by atoms with Gasteiger partial charge in [0.05, 0.1) is 19.8 Å². The van der Waals surface area contributed by atoms with Crippen LogP contribution < -0.4 is 0 Å². The molecule has 0 aliphatic rings. The zero-order valence-corrected chi connectivity index (χ0v) is 9.04. The second kappa shape index (κ2) is 6.32. The first kappa shape index (κ1) is 12.8. The third-order valence-corrected chi connectivity index (χ3v) is 2.01. The van der Waals surface area contributed by atoms with E-state index in [0.29, 0.717) is 19.8 Å². The van der Waals surface area contributed by atoms with Crippen molar-refractivity contribution in [2.24, 2.45) is 0 Å². The molecule has 0 bridgehead atoms. The maximum Gasteiger partial charge on any atom is 0.141 e. The van der Waals surface area contributed by atoms with Crippen molar-refractivity contribution in [1.82, 2.24) is 4.90 Å². The number of aliphatic hydroxyl groups is 1. The molecule has 13 heavy (non-hydrogen) atoms. The van der Waals surface area contributed by atoms with Crippen LogP contribution in [-0.2, 0) is 9.47 Å². The van der Waals surface area contributed by atoms with Gasteiger partial charge in [0.1, 0.15) is 5.72 Å². The lowest BCUT2D eigenvalue weighted by Crippen LogP contribution is -2.48. The van der Waals surface area contributed by atoms with Crippen LogP contribution >= 0.6 is 0 Å². The van der Waals surface area contributed by atoms with Gasteiger partial charge in [-0.2, -0.15) is 0 Å². The number of nitrogens with zero attached hydrogens (tertiary/aromatic N) is 1. The Morgan fingerprint density at radius 2 is 2.00 bits per heavy atom. The molecule has 0 aliphatic carbocycles. The maximum absolute atomic E-state index is 8.55. The van der Waals surface area contributed by atoms with Gasteiger partial charge < -0.3 is 14.6 Å². The predicted octanol–water partition coefficient (Wildman–Crippen LogP) is 0.310. The molecule has 0 aromatic heterocycles. The Morgan fingerprint density at radius 1 is 1.38 bits per heavy atom. The van der Waals surface area contributed by atoms with E-state index in [1.54, 1.807) is 0 Å². The fourth-order valence-corrected chi connectivity index (χ4v) is 0.937. The molecule has 0 aromatic rings. The lowest BCUT2D eigenvalue weighted by molar-refractivity contribution is -0.161. The zero-order valence-electron chi connectivity index (χ0n) is 9.04. The second-order valence-corrected chi connectivity index (χ2v) is 3.28. The molecule has 0 radical (unpaired) electrons. The average Bonchev–Trinajstić information content (AvgIpc) is 2.05. The summed E-state index contributed by atoms with van der Waals surface area (Å²) in [6, 6.07) is 0. The molecule has 0 amide bonds. The van der Waals surface area contributed by atoms with E-state index in [4.69, 9.17) is 14.6 Å². The highest BCUT2D eigenvalue weighted by Gasteiger charge is 2.27. The van der Waals surface area contributed by atoms with Gasteiger partial charge in [-0.15, -0.1) is 0 Å². The number of ether oxygens (including phenoxy) is 2. The van der Waals surface area contributed by atoms with Crippen molar-refractivity contribution in [2.45, 2.75) is 19.6 Å². The summed E-state index contributed by atoms with van der Waals surface area (Å²) in [6.07, 6.45) is 0. The fourth-order valence-electron chi connectivity index (χ4n) is 0.937. The van der Waals surface area contributed by atoms with Crippen LogP contribution in [0.25, 0.3) is 0 Å². The molecule has 0 saturated heterocycles. The largest absolute Gasteiger partial charge is 0.394 e. The van der Waals surface area contributed by atoms with Crippen LogP contribution in [-0.4, -0.2) is 56.3 Å². The monoisotopic (exact) mass is 191 g/mol. The Morgan fingerprint density at radius 3 is 2.38 bits per heavy atom. The summed E-state index contributed by atoms with van der Waals surface area (Å²) in [6.45, 7) is 5.44. The minimum atomic E-state index is -0.399. The van der Waals surface area contributed by atoms with Crippen molar-refractivity contribution >= 4 is 0 Å². The maximum atomic E-state index is 8.55. The first-order chi connectivity index (χ1) is 6.06. The van der Waals surface area contributed by atoms with Crippen molar-refractivity contribution in [3.63, 3.8) is 0 Å². The van der Waals surface area contributed by atoms with Crippen LogP contribution in [0.2, 0.25) is 0 Å². The highest BCUT2D eigenvalue weighted by atomic mass is 16.6. The highest BCUT2D eigenvalue weighted by Crippen LogP contribution is 2.13. The molecule has 0 aliphatic heterocycles. The number of rotatable bonds is 7. The molecule has 80 valence electrons. The van der Waals surface area contributed by atoms with Crippen LogP contribution in [0, 0.1) is 0 Å². The van der Waals surface area contributed by atoms with Crippen molar-refractivity contribution in [2.75, 3.05) is 40.5 Å². The summed E-state index contributed by atoms with van der Waals surface area (Å²) >= 11 is 0. The molecule has 4 nitrogen and oxygen atoms in total. The molecule has 0 aromatic carbocycles. The third-order valence-electron chi connectivity index (χ3n) is 2.01. The Hall–Kier alpha value is -0.160. The standard InChI is InChI=1S/C9H21NO3/c1-5-13-9(2,10(3)4)8-12-7-6-11/h11H,5-8H2,1-4H3. The first-order valence-corrected chi connectivity index (χ1v) is 4.57. The quantitative estimate of drug-likeness (QED) is 0.464. The zero-order chi connectivity index (χ0) is 10.3. The van der Waals surface area contributed by atoms with E-state index in [-0.39, 0.29) is 6.61 Å². The van der Waals surface area contributed by atoms with Crippen LogP contribution in [0.5, 0.6) is 0 Å². The number of likely N-dealkylation sites (N-methyl/N-ethyl adjacent to an activating group) is 1. The number of aliphatic hydroxyl groups excluding tert-OH is 1. The third kappa shape index (κ3) is 4.57. The van der Waals surface area contributed by atoms with Crippen molar-refractivity contribution in [3.8, 4) is 0 Å². The first-order valence-electron chi connectivity index (χ1n) is 4.57. The second-order valence-electron chi connectivity index (χ2n) is 3.28. The lowest BCUT2D eigenvalue weighted by atomic mass is 10.2. The smallest absolute Gasteiger partial charge is 0.141 e. The summed E-state index contributed by atoms with van der Waals surface area (Å²) < 4.78 is 10.8. The summed E-state index contributed by atoms with van der Waals surface area (Å²) in [4.78, 5) is 1.97. The molecule has 0 rings (SSSR count). The molecule has 0 saturated carbocycles. The van der Waals surface area contributed by atoms with Gasteiger partial charge in [0, 0.05) is 6.61 Å². The lowest BCUT2D eigenvalue weighted by Gasteiger charge is -2.35. The average molecular weight is 191 g/mol. The molecule has 0 heterocycles. The van der Waals surface area contributed by atoms with E-state index in [2.05, 4.69) is 0 Å². The van der Waals surface area contributed by atoms with Crippen molar-refractivity contribution < 1.29 is 14.6 Å².